The quantitative estimate of drug-likeness (QED) is 0.0323. The lowest BCUT2D eigenvalue weighted by atomic mass is 10.0. The maximum atomic E-state index is 12.4. The summed E-state index contributed by atoms with van der Waals surface area (Å²) in [5.74, 6) is -0.0720. The second kappa shape index (κ2) is 47.3. The highest BCUT2D eigenvalue weighted by Crippen LogP contribution is 2.16. The van der Waals surface area contributed by atoms with Crippen molar-refractivity contribution in [3.63, 3.8) is 0 Å². The lowest BCUT2D eigenvalue weighted by molar-refractivity contribution is -0.143. The second-order valence-corrected chi connectivity index (χ2v) is 17.5. The Morgan fingerprint density at radius 1 is 0.474 bits per heavy atom. The van der Waals surface area contributed by atoms with Gasteiger partial charge in [-0.25, -0.2) is 0 Å². The van der Waals surface area contributed by atoms with Gasteiger partial charge in [-0.1, -0.05) is 244 Å². The molecule has 0 aliphatic carbocycles. The van der Waals surface area contributed by atoms with Gasteiger partial charge in [0.1, 0.15) is 0 Å². The summed E-state index contributed by atoms with van der Waals surface area (Å²) in [6, 6.07) is -0.630. The summed E-state index contributed by atoms with van der Waals surface area (Å²) in [6.45, 7) is 4.88. The van der Waals surface area contributed by atoms with Crippen LogP contribution in [0.1, 0.15) is 277 Å². The minimum atomic E-state index is -0.846. The Labute approximate surface area is 355 Å². The SMILES string of the molecule is CCCCCCCCCCC/C=C/C(O)C(CO)NC(=O)CCCCCCCCCCCCCCCCCCOC(=O)CCCCCCCCCCCCCCC. The summed E-state index contributed by atoms with van der Waals surface area (Å²) in [7, 11) is 0. The molecule has 0 radical (unpaired) electrons. The van der Waals surface area contributed by atoms with E-state index in [0.29, 0.717) is 19.4 Å². The highest BCUT2D eigenvalue weighted by Gasteiger charge is 2.18. The molecular formula is C51H99NO5. The summed E-state index contributed by atoms with van der Waals surface area (Å²) in [6.07, 6.45) is 53.5. The van der Waals surface area contributed by atoms with E-state index in [1.54, 1.807) is 6.08 Å². The third kappa shape index (κ3) is 44.0. The number of aliphatic hydroxyl groups excluding tert-OH is 2. The van der Waals surface area contributed by atoms with E-state index in [1.807, 2.05) is 6.08 Å². The van der Waals surface area contributed by atoms with Crippen LogP contribution in [0.3, 0.4) is 0 Å². The Hall–Kier alpha value is -1.40. The van der Waals surface area contributed by atoms with Crippen LogP contribution in [0.2, 0.25) is 0 Å². The highest BCUT2D eigenvalue weighted by atomic mass is 16.5. The molecule has 0 aliphatic rings. The van der Waals surface area contributed by atoms with Crippen LogP contribution in [0.25, 0.3) is 0 Å². The molecule has 0 aromatic rings. The normalized spacial score (nSPS) is 12.7. The van der Waals surface area contributed by atoms with Crippen molar-refractivity contribution in [2.45, 2.75) is 289 Å². The van der Waals surface area contributed by atoms with Crippen molar-refractivity contribution in [1.82, 2.24) is 5.32 Å². The topological polar surface area (TPSA) is 95.9 Å². The zero-order valence-electron chi connectivity index (χ0n) is 38.3. The van der Waals surface area contributed by atoms with E-state index < -0.39 is 12.1 Å². The molecule has 0 aromatic carbocycles. The zero-order valence-corrected chi connectivity index (χ0v) is 38.3. The Bertz CT molecular complexity index is 847. The van der Waals surface area contributed by atoms with Crippen LogP contribution in [-0.2, 0) is 14.3 Å². The van der Waals surface area contributed by atoms with E-state index in [9.17, 15) is 19.8 Å². The minimum absolute atomic E-state index is 0.00348. The number of carbonyl (C=O) groups is 2. The van der Waals surface area contributed by atoms with Crippen molar-refractivity contribution in [3.05, 3.63) is 12.2 Å². The van der Waals surface area contributed by atoms with Gasteiger partial charge in [0.2, 0.25) is 5.91 Å². The van der Waals surface area contributed by atoms with Crippen molar-refractivity contribution in [2.75, 3.05) is 13.2 Å². The molecule has 6 heteroatoms. The Balaban J connectivity index is 3.43. The number of aliphatic hydroxyl groups is 2. The first-order valence-electron chi connectivity index (χ1n) is 25.5. The number of ether oxygens (including phenoxy) is 1. The van der Waals surface area contributed by atoms with Gasteiger partial charge in [0, 0.05) is 12.8 Å². The fourth-order valence-corrected chi connectivity index (χ4v) is 7.87. The van der Waals surface area contributed by atoms with Crippen LogP contribution in [0.5, 0.6) is 0 Å². The van der Waals surface area contributed by atoms with Gasteiger partial charge in [-0.05, 0) is 32.1 Å². The lowest BCUT2D eigenvalue weighted by Gasteiger charge is -2.20. The average molecular weight is 806 g/mol. The van der Waals surface area contributed by atoms with Gasteiger partial charge in [-0.3, -0.25) is 9.59 Å². The van der Waals surface area contributed by atoms with Gasteiger partial charge in [0.05, 0.1) is 25.4 Å². The number of esters is 1. The van der Waals surface area contributed by atoms with Crippen molar-refractivity contribution >= 4 is 11.9 Å². The number of amides is 1. The molecular weight excluding hydrogens is 707 g/mol. The fourth-order valence-electron chi connectivity index (χ4n) is 7.87. The molecule has 2 atom stereocenters. The molecule has 0 saturated heterocycles. The maximum Gasteiger partial charge on any atom is 0.305 e. The molecule has 0 rings (SSSR count). The average Bonchev–Trinajstić information content (AvgIpc) is 3.21. The summed E-state index contributed by atoms with van der Waals surface area (Å²) in [4.78, 5) is 24.4. The van der Waals surface area contributed by atoms with Gasteiger partial charge in [0.25, 0.3) is 0 Å². The van der Waals surface area contributed by atoms with E-state index in [-0.39, 0.29) is 18.5 Å². The standard InChI is InChI=1S/C51H99NO5/c1-3-5-7-9-11-13-15-20-25-29-33-37-41-45-51(56)57-46-42-38-34-30-26-22-19-17-16-18-21-24-28-32-36-40-44-50(55)52-48(47-53)49(54)43-39-35-31-27-23-14-12-10-8-6-4-2/h39,43,48-49,53-54H,3-38,40-42,44-47H2,1-2H3,(H,52,55)/b43-39+. The van der Waals surface area contributed by atoms with E-state index in [0.717, 1.165) is 44.9 Å². The summed E-state index contributed by atoms with van der Waals surface area (Å²) in [5, 5.41) is 23.0. The predicted molar refractivity (Wildman–Crippen MR) is 246 cm³/mol. The number of unbranched alkanes of at least 4 members (excludes halogenated alkanes) is 36. The monoisotopic (exact) mass is 806 g/mol. The Morgan fingerprint density at radius 3 is 1.19 bits per heavy atom. The smallest absolute Gasteiger partial charge is 0.305 e. The first-order valence-corrected chi connectivity index (χ1v) is 25.5. The molecule has 0 saturated carbocycles. The number of hydrogen-bond donors (Lipinski definition) is 3. The van der Waals surface area contributed by atoms with E-state index >= 15 is 0 Å². The van der Waals surface area contributed by atoms with Gasteiger partial charge in [-0.15, -0.1) is 0 Å². The van der Waals surface area contributed by atoms with Gasteiger partial charge in [0.15, 0.2) is 0 Å². The molecule has 57 heavy (non-hydrogen) atoms. The third-order valence-corrected chi connectivity index (χ3v) is 11.8. The molecule has 0 heterocycles. The molecule has 338 valence electrons. The third-order valence-electron chi connectivity index (χ3n) is 11.8. The maximum absolute atomic E-state index is 12.4. The number of allylic oxidation sites excluding steroid dienone is 1. The molecule has 0 aliphatic heterocycles. The Kier molecular flexibility index (Phi) is 46.1. The van der Waals surface area contributed by atoms with Crippen molar-refractivity contribution in [3.8, 4) is 0 Å². The lowest BCUT2D eigenvalue weighted by Crippen LogP contribution is -2.45. The van der Waals surface area contributed by atoms with Crippen LogP contribution in [0.4, 0.5) is 0 Å². The summed E-state index contributed by atoms with van der Waals surface area (Å²) >= 11 is 0. The zero-order chi connectivity index (χ0) is 41.5. The van der Waals surface area contributed by atoms with Crippen molar-refractivity contribution in [1.29, 1.82) is 0 Å². The number of hydrogen-bond acceptors (Lipinski definition) is 5. The minimum Gasteiger partial charge on any atom is -0.466 e. The van der Waals surface area contributed by atoms with E-state index in [2.05, 4.69) is 19.2 Å². The molecule has 0 bridgehead atoms. The van der Waals surface area contributed by atoms with Crippen molar-refractivity contribution < 1.29 is 24.5 Å². The largest absolute Gasteiger partial charge is 0.466 e. The summed E-state index contributed by atoms with van der Waals surface area (Å²) < 4.78 is 5.46. The van der Waals surface area contributed by atoms with E-state index in [4.69, 9.17) is 4.74 Å². The number of rotatable bonds is 47. The number of carbonyl (C=O) groups excluding carboxylic acids is 2. The molecule has 3 N–H and O–H groups in total. The van der Waals surface area contributed by atoms with Crippen molar-refractivity contribution in [2.24, 2.45) is 0 Å². The van der Waals surface area contributed by atoms with E-state index in [1.165, 1.54) is 205 Å². The van der Waals surface area contributed by atoms with Gasteiger partial charge < -0.3 is 20.3 Å². The van der Waals surface area contributed by atoms with Crippen LogP contribution in [0.15, 0.2) is 12.2 Å². The fraction of sp³-hybridized carbons (Fsp3) is 0.922. The predicted octanol–water partition coefficient (Wildman–Crippen LogP) is 15.0. The van der Waals surface area contributed by atoms with Crippen LogP contribution in [0, 0.1) is 0 Å². The molecule has 1 amide bonds. The molecule has 2 unspecified atom stereocenters. The molecule has 0 aromatic heterocycles. The second-order valence-electron chi connectivity index (χ2n) is 17.5. The first-order chi connectivity index (χ1) is 28.0. The Morgan fingerprint density at radius 2 is 0.807 bits per heavy atom. The summed E-state index contributed by atoms with van der Waals surface area (Å²) in [5.41, 5.74) is 0. The van der Waals surface area contributed by atoms with Crippen LogP contribution >= 0.6 is 0 Å². The molecule has 0 fully saturated rings. The van der Waals surface area contributed by atoms with Crippen LogP contribution < -0.4 is 5.32 Å². The van der Waals surface area contributed by atoms with Gasteiger partial charge >= 0.3 is 5.97 Å². The molecule has 6 nitrogen and oxygen atoms in total. The first kappa shape index (κ1) is 55.6. The molecule has 0 spiro atoms. The number of nitrogens with one attached hydrogen (secondary N) is 1. The van der Waals surface area contributed by atoms with Gasteiger partial charge in [-0.2, -0.15) is 0 Å². The van der Waals surface area contributed by atoms with Crippen LogP contribution in [-0.4, -0.2) is 47.4 Å². The highest BCUT2D eigenvalue weighted by molar-refractivity contribution is 5.76.